The normalized spacial score (nSPS) is 22.3. The molecular formula is C25H35ClN8O4. The summed E-state index contributed by atoms with van der Waals surface area (Å²) >= 11 is 5.95. The first-order chi connectivity index (χ1) is 18.2. The number of aliphatic carboxylic acids is 1. The monoisotopic (exact) mass is 546 g/mol. The minimum Gasteiger partial charge on any atom is -0.480 e. The van der Waals surface area contributed by atoms with Crippen LogP contribution in [0.2, 0.25) is 5.02 Å². The number of hydrogen-bond acceptors (Lipinski definition) is 10. The Balaban J connectivity index is 1.36. The average Bonchev–Trinajstić information content (AvgIpc) is 3.45. The number of aliphatic hydroxyl groups is 1. The average molecular weight is 547 g/mol. The molecule has 0 saturated carbocycles. The largest absolute Gasteiger partial charge is 0.480 e. The van der Waals surface area contributed by atoms with Crippen LogP contribution in [0, 0.1) is 5.92 Å². The van der Waals surface area contributed by atoms with E-state index in [2.05, 4.69) is 25.2 Å². The molecule has 38 heavy (non-hydrogen) atoms. The van der Waals surface area contributed by atoms with Crippen molar-refractivity contribution in [3.8, 4) is 0 Å². The SMILES string of the molecule is C[C@@H]1C(CN(CCNCCc2ccc(Cl)cc2)CCC(N)C(=O)O)OC(n2cnc3c(N)ncnc32)[C@@H]1O. The second-order valence-corrected chi connectivity index (χ2v) is 10.1. The van der Waals surface area contributed by atoms with Gasteiger partial charge in [0, 0.05) is 37.1 Å². The molecule has 0 radical (unpaired) electrons. The summed E-state index contributed by atoms with van der Waals surface area (Å²) in [4.78, 5) is 25.9. The van der Waals surface area contributed by atoms with E-state index < -0.39 is 24.3 Å². The molecule has 1 aliphatic heterocycles. The molecule has 4 rings (SSSR count). The number of imidazole rings is 1. The van der Waals surface area contributed by atoms with Crippen LogP contribution in [0.4, 0.5) is 5.82 Å². The number of nitrogen functional groups attached to an aromatic ring is 1. The number of halogens is 1. The van der Waals surface area contributed by atoms with Crippen LogP contribution in [0.5, 0.6) is 0 Å². The molecule has 7 N–H and O–H groups in total. The van der Waals surface area contributed by atoms with E-state index in [1.807, 2.05) is 31.2 Å². The molecule has 5 atom stereocenters. The van der Waals surface area contributed by atoms with E-state index in [9.17, 15) is 15.0 Å². The fraction of sp³-hybridized carbons (Fsp3) is 0.520. The van der Waals surface area contributed by atoms with Gasteiger partial charge in [-0.2, -0.15) is 0 Å². The number of carboxylic acids is 1. The molecule has 13 heteroatoms. The molecule has 3 aromatic rings. The van der Waals surface area contributed by atoms with Gasteiger partial charge in [-0.15, -0.1) is 0 Å². The predicted octanol–water partition coefficient (Wildman–Crippen LogP) is 0.893. The van der Waals surface area contributed by atoms with Gasteiger partial charge in [0.15, 0.2) is 17.7 Å². The van der Waals surface area contributed by atoms with Gasteiger partial charge < -0.3 is 31.7 Å². The number of anilines is 1. The minimum absolute atomic E-state index is 0.190. The first-order valence-electron chi connectivity index (χ1n) is 12.7. The molecule has 0 spiro atoms. The number of ether oxygens (including phenoxy) is 1. The minimum atomic E-state index is -1.03. The second-order valence-electron chi connectivity index (χ2n) is 9.66. The number of hydrogen-bond donors (Lipinski definition) is 5. The molecule has 3 heterocycles. The van der Waals surface area contributed by atoms with Crippen LogP contribution >= 0.6 is 11.6 Å². The van der Waals surface area contributed by atoms with E-state index in [0.29, 0.717) is 48.8 Å². The summed E-state index contributed by atoms with van der Waals surface area (Å²) in [7, 11) is 0. The van der Waals surface area contributed by atoms with E-state index in [1.54, 1.807) is 10.9 Å². The first-order valence-corrected chi connectivity index (χ1v) is 13.0. The van der Waals surface area contributed by atoms with Crippen molar-refractivity contribution in [3.63, 3.8) is 0 Å². The van der Waals surface area contributed by atoms with E-state index >= 15 is 0 Å². The van der Waals surface area contributed by atoms with Gasteiger partial charge in [-0.3, -0.25) is 14.3 Å². The topological polar surface area (TPSA) is 178 Å². The van der Waals surface area contributed by atoms with Crippen molar-refractivity contribution >= 4 is 34.6 Å². The van der Waals surface area contributed by atoms with Gasteiger partial charge in [0.25, 0.3) is 0 Å². The Hall–Kier alpha value is -2.87. The van der Waals surface area contributed by atoms with Gasteiger partial charge >= 0.3 is 5.97 Å². The van der Waals surface area contributed by atoms with Crippen molar-refractivity contribution in [2.45, 2.75) is 44.2 Å². The highest BCUT2D eigenvalue weighted by atomic mass is 35.5. The van der Waals surface area contributed by atoms with E-state index in [-0.39, 0.29) is 17.8 Å². The zero-order valence-corrected chi connectivity index (χ0v) is 22.0. The number of aromatic nitrogens is 4. The van der Waals surface area contributed by atoms with Crippen LogP contribution in [-0.2, 0) is 16.0 Å². The van der Waals surface area contributed by atoms with Gasteiger partial charge in [0.2, 0.25) is 0 Å². The maximum absolute atomic E-state index is 11.3. The summed E-state index contributed by atoms with van der Waals surface area (Å²) in [5.74, 6) is -0.958. The number of carboxylic acid groups (broad SMARTS) is 1. The molecule has 12 nitrogen and oxygen atoms in total. The smallest absolute Gasteiger partial charge is 0.320 e. The number of benzene rings is 1. The van der Waals surface area contributed by atoms with Crippen LogP contribution in [0.15, 0.2) is 36.9 Å². The van der Waals surface area contributed by atoms with Gasteiger partial charge in [-0.1, -0.05) is 30.7 Å². The van der Waals surface area contributed by atoms with E-state index in [1.165, 1.54) is 11.9 Å². The van der Waals surface area contributed by atoms with E-state index in [4.69, 9.17) is 27.8 Å². The van der Waals surface area contributed by atoms with Crippen molar-refractivity contribution in [2.75, 3.05) is 38.5 Å². The van der Waals surface area contributed by atoms with Gasteiger partial charge in [-0.25, -0.2) is 15.0 Å². The lowest BCUT2D eigenvalue weighted by Crippen LogP contribution is -2.42. The summed E-state index contributed by atoms with van der Waals surface area (Å²) in [6.07, 6.45) is 2.28. The summed E-state index contributed by atoms with van der Waals surface area (Å²) in [6.45, 7) is 5.08. The first kappa shape index (κ1) is 28.1. The molecule has 0 aliphatic carbocycles. The highest BCUT2D eigenvalue weighted by Crippen LogP contribution is 2.35. The number of fused-ring (bicyclic) bond motifs is 1. The zero-order chi connectivity index (χ0) is 27.2. The fourth-order valence-corrected chi connectivity index (χ4v) is 4.72. The predicted molar refractivity (Wildman–Crippen MR) is 144 cm³/mol. The van der Waals surface area contributed by atoms with Crippen LogP contribution in [0.3, 0.4) is 0 Å². The molecule has 1 saturated heterocycles. The van der Waals surface area contributed by atoms with Crippen molar-refractivity contribution in [1.82, 2.24) is 29.7 Å². The maximum atomic E-state index is 11.3. The summed E-state index contributed by atoms with van der Waals surface area (Å²) in [6, 6.07) is 6.83. The van der Waals surface area contributed by atoms with Crippen LogP contribution in [-0.4, -0.2) is 91.6 Å². The molecule has 0 bridgehead atoms. The zero-order valence-electron chi connectivity index (χ0n) is 21.3. The van der Waals surface area contributed by atoms with Gasteiger partial charge in [0.1, 0.15) is 24.0 Å². The number of rotatable bonds is 13. The molecular weight excluding hydrogens is 512 g/mol. The highest BCUT2D eigenvalue weighted by molar-refractivity contribution is 6.30. The third kappa shape index (κ3) is 6.76. The Bertz CT molecular complexity index is 1210. The molecule has 1 aromatic carbocycles. The maximum Gasteiger partial charge on any atom is 0.320 e. The number of nitrogens with zero attached hydrogens (tertiary/aromatic N) is 5. The van der Waals surface area contributed by atoms with Crippen molar-refractivity contribution in [3.05, 3.63) is 47.5 Å². The fourth-order valence-electron chi connectivity index (χ4n) is 4.60. The Labute approximate surface area is 226 Å². The lowest BCUT2D eigenvalue weighted by atomic mass is 9.99. The third-order valence-electron chi connectivity index (χ3n) is 7.01. The number of aliphatic hydroxyl groups excluding tert-OH is 1. The summed E-state index contributed by atoms with van der Waals surface area (Å²) < 4.78 is 7.99. The second kappa shape index (κ2) is 12.8. The Morgan fingerprint density at radius 3 is 2.74 bits per heavy atom. The quantitative estimate of drug-likeness (QED) is 0.192. The van der Waals surface area contributed by atoms with Crippen molar-refractivity contribution in [1.29, 1.82) is 0 Å². The number of nitrogens with one attached hydrogen (secondary N) is 1. The van der Waals surface area contributed by atoms with Crippen molar-refractivity contribution < 1.29 is 19.7 Å². The molecule has 3 unspecified atom stereocenters. The highest BCUT2D eigenvalue weighted by Gasteiger charge is 2.43. The van der Waals surface area contributed by atoms with Crippen LogP contribution < -0.4 is 16.8 Å². The summed E-state index contributed by atoms with van der Waals surface area (Å²) in [5, 5.41) is 24.4. The standard InChI is InChI=1S/C25H35ClN8O4/c1-15-19(38-24(21(15)35)34-14-32-20-22(28)30-13-31-23(20)34)12-33(10-7-18(27)25(36)37)11-9-29-8-6-16-2-4-17(26)5-3-16/h2-5,13-15,18-19,21,24,29,35H,6-12,27H2,1H3,(H,36,37)(H2,28,30,31)/t15-,18?,19?,21-,24?/m1/s1. The molecule has 2 aromatic heterocycles. The summed E-state index contributed by atoms with van der Waals surface area (Å²) in [5.41, 5.74) is 13.8. The molecule has 1 aliphatic rings. The molecule has 1 fully saturated rings. The Kier molecular flexibility index (Phi) is 9.47. The van der Waals surface area contributed by atoms with E-state index in [0.717, 1.165) is 13.0 Å². The third-order valence-corrected chi connectivity index (χ3v) is 7.26. The van der Waals surface area contributed by atoms with Gasteiger partial charge in [0.05, 0.1) is 12.4 Å². The Morgan fingerprint density at radius 1 is 1.24 bits per heavy atom. The van der Waals surface area contributed by atoms with Crippen molar-refractivity contribution in [2.24, 2.45) is 11.7 Å². The molecule has 0 amide bonds. The van der Waals surface area contributed by atoms with Gasteiger partial charge in [-0.05, 0) is 37.1 Å². The Morgan fingerprint density at radius 2 is 2.00 bits per heavy atom. The number of carbonyl (C=O) groups is 1. The number of nitrogens with two attached hydrogens (primary N) is 2. The van der Waals surface area contributed by atoms with Crippen LogP contribution in [0.25, 0.3) is 11.2 Å². The lowest BCUT2D eigenvalue weighted by molar-refractivity contribution is -0.138. The van der Waals surface area contributed by atoms with Crippen LogP contribution in [0.1, 0.15) is 25.1 Å². The lowest BCUT2D eigenvalue weighted by Gasteiger charge is -2.28. The molecule has 206 valence electrons.